The fraction of sp³-hybridized carbons (Fsp3) is 0.767. The Kier molecular flexibility index (Phi) is 9.86. The predicted octanol–water partition coefficient (Wildman–Crippen LogP) is 13.8. The first-order valence-electron chi connectivity index (χ1n) is 17.2. The molecule has 0 amide bonds. The second-order valence-corrected chi connectivity index (χ2v) is 20.7. The number of benzene rings is 1. The Labute approximate surface area is 271 Å². The summed E-state index contributed by atoms with van der Waals surface area (Å²) in [6.45, 7) is 53.0. The average molecular weight is 591 g/mol. The van der Waals surface area contributed by atoms with Crippen LogP contribution in [0.15, 0.2) is 42.0 Å². The molecule has 2 atom stereocenters. The molecule has 0 heteroatoms. The largest absolute Gasteiger partial charge is 0.100 e. The smallest absolute Gasteiger partial charge is 0.00153 e. The fourth-order valence-corrected chi connectivity index (χ4v) is 8.25. The Morgan fingerprint density at radius 3 is 1.63 bits per heavy atom. The number of hydrogen-bond donors (Lipinski definition) is 0. The van der Waals surface area contributed by atoms with Crippen LogP contribution in [-0.4, -0.2) is 0 Å². The summed E-state index contributed by atoms with van der Waals surface area (Å²) in [4.78, 5) is 0. The maximum atomic E-state index is 4.27. The summed E-state index contributed by atoms with van der Waals surface area (Å²) in [5, 5.41) is 0. The third-order valence-electron chi connectivity index (χ3n) is 13.5. The minimum atomic E-state index is 0.00590. The van der Waals surface area contributed by atoms with Crippen LogP contribution in [0, 0.1) is 32.5 Å². The Hall–Kier alpha value is -1.30. The summed E-state index contributed by atoms with van der Waals surface area (Å²) >= 11 is 0. The van der Waals surface area contributed by atoms with Gasteiger partial charge in [0, 0.05) is 0 Å². The first-order chi connectivity index (χ1) is 18.8. The summed E-state index contributed by atoms with van der Waals surface area (Å²) < 4.78 is 0. The van der Waals surface area contributed by atoms with Gasteiger partial charge in [-0.15, -0.1) is 6.58 Å². The van der Waals surface area contributed by atoms with Crippen molar-refractivity contribution < 1.29 is 0 Å². The summed E-state index contributed by atoms with van der Waals surface area (Å²) in [5.41, 5.74) is 8.60. The third kappa shape index (κ3) is 7.41. The van der Waals surface area contributed by atoms with Crippen LogP contribution in [0.2, 0.25) is 0 Å². The third-order valence-corrected chi connectivity index (χ3v) is 13.5. The monoisotopic (exact) mass is 591 g/mol. The lowest BCUT2D eigenvalue weighted by molar-refractivity contribution is 0.0227. The molecule has 2 rings (SSSR count). The molecular weight excluding hydrogens is 516 g/mol. The topological polar surface area (TPSA) is 0 Å². The summed E-state index contributed by atoms with van der Waals surface area (Å²) in [7, 11) is 0. The molecule has 2 unspecified atom stereocenters. The standard InChI is InChI=1S/C43H74/c1-30(2)25-36(8,9)38(12,13)27-40(16,17)41(18,19)33-22-32(35(5,6)7)23-34(24-33)43(21)29-42(43,20)28-39(14,15)37(10,11)26-31(3)4/h22-24,26H,1,25,27-29H2,2-21H3. The van der Waals surface area contributed by atoms with Gasteiger partial charge in [-0.25, -0.2) is 0 Å². The van der Waals surface area contributed by atoms with E-state index >= 15 is 0 Å². The Bertz CT molecular complexity index is 1210. The van der Waals surface area contributed by atoms with Gasteiger partial charge >= 0.3 is 0 Å². The average Bonchev–Trinajstić information content (AvgIpc) is 3.30. The van der Waals surface area contributed by atoms with Crippen molar-refractivity contribution in [3.05, 3.63) is 58.7 Å². The van der Waals surface area contributed by atoms with E-state index in [0.29, 0.717) is 0 Å². The molecule has 43 heavy (non-hydrogen) atoms. The zero-order valence-electron chi connectivity index (χ0n) is 32.8. The van der Waals surface area contributed by atoms with Gasteiger partial charge in [0.25, 0.3) is 0 Å². The van der Waals surface area contributed by atoms with Gasteiger partial charge in [0.15, 0.2) is 0 Å². The number of hydrogen-bond acceptors (Lipinski definition) is 0. The maximum Gasteiger partial charge on any atom is -0.00153 e. The Balaban J connectivity index is 2.62. The summed E-state index contributed by atoms with van der Waals surface area (Å²) in [6.07, 6.45) is 7.21. The minimum absolute atomic E-state index is 0.00590. The van der Waals surface area contributed by atoms with E-state index in [1.54, 1.807) is 5.56 Å². The molecule has 0 aliphatic heterocycles. The predicted molar refractivity (Wildman–Crippen MR) is 195 cm³/mol. The second kappa shape index (κ2) is 11.2. The van der Waals surface area contributed by atoms with E-state index in [1.165, 1.54) is 35.1 Å². The number of rotatable bonds is 12. The maximum absolute atomic E-state index is 4.27. The van der Waals surface area contributed by atoms with Crippen LogP contribution in [0.3, 0.4) is 0 Å². The van der Waals surface area contributed by atoms with Crippen LogP contribution in [0.25, 0.3) is 0 Å². The van der Waals surface area contributed by atoms with Gasteiger partial charge in [-0.1, -0.05) is 153 Å². The van der Waals surface area contributed by atoms with E-state index in [0.717, 1.165) is 12.8 Å². The highest BCUT2D eigenvalue weighted by Crippen LogP contribution is 2.70. The van der Waals surface area contributed by atoms with Crippen LogP contribution in [0.5, 0.6) is 0 Å². The van der Waals surface area contributed by atoms with Crippen LogP contribution in [-0.2, 0) is 16.2 Å². The van der Waals surface area contributed by atoms with Crippen LogP contribution in [0.4, 0.5) is 0 Å². The molecule has 0 heterocycles. The molecule has 1 fully saturated rings. The summed E-state index contributed by atoms with van der Waals surface area (Å²) in [6, 6.07) is 7.76. The molecule has 246 valence electrons. The van der Waals surface area contributed by atoms with Crippen molar-refractivity contribution in [2.45, 2.75) is 180 Å². The Morgan fingerprint density at radius 1 is 0.698 bits per heavy atom. The summed E-state index contributed by atoms with van der Waals surface area (Å²) in [5.74, 6) is 0. The van der Waals surface area contributed by atoms with Crippen molar-refractivity contribution in [2.24, 2.45) is 32.5 Å². The molecule has 0 radical (unpaired) electrons. The molecule has 1 aromatic rings. The van der Waals surface area contributed by atoms with Crippen molar-refractivity contribution in [2.75, 3.05) is 0 Å². The highest BCUT2D eigenvalue weighted by molar-refractivity contribution is 5.46. The van der Waals surface area contributed by atoms with E-state index in [1.807, 2.05) is 0 Å². The van der Waals surface area contributed by atoms with E-state index in [2.05, 4.69) is 169 Å². The van der Waals surface area contributed by atoms with Gasteiger partial charge in [-0.3, -0.25) is 0 Å². The van der Waals surface area contributed by atoms with Crippen molar-refractivity contribution in [3.63, 3.8) is 0 Å². The van der Waals surface area contributed by atoms with E-state index < -0.39 is 0 Å². The molecular formula is C43H74. The van der Waals surface area contributed by atoms with Crippen molar-refractivity contribution in [3.8, 4) is 0 Å². The van der Waals surface area contributed by atoms with E-state index in [4.69, 9.17) is 0 Å². The first kappa shape index (κ1) is 37.9. The molecule has 0 saturated heterocycles. The Morgan fingerprint density at radius 2 is 1.19 bits per heavy atom. The van der Waals surface area contributed by atoms with Gasteiger partial charge in [0.05, 0.1) is 0 Å². The van der Waals surface area contributed by atoms with Crippen molar-refractivity contribution in [1.82, 2.24) is 0 Å². The molecule has 0 aromatic heterocycles. The van der Waals surface area contributed by atoms with Crippen molar-refractivity contribution >= 4 is 0 Å². The zero-order valence-corrected chi connectivity index (χ0v) is 32.8. The van der Waals surface area contributed by atoms with Gasteiger partial charge in [0.1, 0.15) is 0 Å². The van der Waals surface area contributed by atoms with Crippen LogP contribution in [0.1, 0.15) is 181 Å². The lowest BCUT2D eigenvalue weighted by Gasteiger charge is -2.52. The molecule has 1 saturated carbocycles. The molecule has 0 N–H and O–H groups in total. The molecule has 0 spiro atoms. The van der Waals surface area contributed by atoms with Gasteiger partial charge < -0.3 is 0 Å². The highest BCUT2D eigenvalue weighted by atomic mass is 14.7. The van der Waals surface area contributed by atoms with Gasteiger partial charge in [0.2, 0.25) is 0 Å². The molecule has 0 bridgehead atoms. The lowest BCUT2D eigenvalue weighted by atomic mass is 9.53. The normalized spacial score (nSPS) is 22.4. The van der Waals surface area contributed by atoms with Crippen LogP contribution < -0.4 is 0 Å². The quantitative estimate of drug-likeness (QED) is 0.212. The fourth-order valence-electron chi connectivity index (χ4n) is 8.25. The molecule has 1 aliphatic carbocycles. The minimum Gasteiger partial charge on any atom is -0.100 e. The zero-order chi connectivity index (χ0) is 34.0. The van der Waals surface area contributed by atoms with Crippen molar-refractivity contribution in [1.29, 1.82) is 0 Å². The second-order valence-electron chi connectivity index (χ2n) is 20.7. The van der Waals surface area contributed by atoms with Gasteiger partial charge in [-0.2, -0.15) is 0 Å². The molecule has 0 nitrogen and oxygen atoms in total. The van der Waals surface area contributed by atoms with E-state index in [-0.39, 0.29) is 48.7 Å². The highest BCUT2D eigenvalue weighted by Gasteiger charge is 2.64. The van der Waals surface area contributed by atoms with Crippen LogP contribution >= 0.6 is 0 Å². The molecule has 1 aliphatic rings. The van der Waals surface area contributed by atoms with E-state index in [9.17, 15) is 0 Å². The lowest BCUT2D eigenvalue weighted by Crippen LogP contribution is -2.44. The van der Waals surface area contributed by atoms with Gasteiger partial charge in [-0.05, 0) is 112 Å². The number of allylic oxidation sites excluding steroid dienone is 3. The first-order valence-corrected chi connectivity index (χ1v) is 17.2. The molecule has 1 aromatic carbocycles. The SMILES string of the molecule is C=C(C)CC(C)(C)C(C)(C)CC(C)(C)C(C)(C)c1cc(C(C)(C)C)cc(C2(C)CC2(C)CC(C)(C)C(C)(C)C=C(C)C)c1.